The van der Waals surface area contributed by atoms with Gasteiger partial charge in [-0.05, 0) is 30.2 Å². The van der Waals surface area contributed by atoms with Crippen LogP contribution in [-0.2, 0) is 15.8 Å². The largest absolute Gasteiger partial charge is 0.397 e. The van der Waals surface area contributed by atoms with E-state index in [9.17, 15) is 8.42 Å². The molecule has 0 amide bonds. The Morgan fingerprint density at radius 3 is 2.45 bits per heavy atom. The summed E-state index contributed by atoms with van der Waals surface area (Å²) < 4.78 is 22.8. The molecule has 0 aromatic heterocycles. The molecular weight excluding hydrogens is 292 g/mol. The van der Waals surface area contributed by atoms with E-state index >= 15 is 0 Å². The highest BCUT2D eigenvalue weighted by Gasteiger charge is 2.15. The van der Waals surface area contributed by atoms with E-state index in [1.165, 1.54) is 29.0 Å². The van der Waals surface area contributed by atoms with Gasteiger partial charge in [0.05, 0.1) is 5.69 Å². The summed E-state index contributed by atoms with van der Waals surface area (Å²) >= 11 is 1.50. The highest BCUT2D eigenvalue weighted by molar-refractivity contribution is 7.98. The molecule has 0 atom stereocenters. The molecule has 0 heterocycles. The summed E-state index contributed by atoms with van der Waals surface area (Å²) in [5.41, 5.74) is 8.50. The number of sulfonamides is 1. The fourth-order valence-corrected chi connectivity index (χ4v) is 3.65. The highest BCUT2D eigenvalue weighted by atomic mass is 32.2. The third kappa shape index (κ3) is 3.33. The summed E-state index contributed by atoms with van der Waals surface area (Å²) in [6, 6.07) is 12.9. The van der Waals surface area contributed by atoms with Crippen molar-refractivity contribution in [2.75, 3.05) is 5.73 Å². The Morgan fingerprint density at radius 2 is 1.80 bits per heavy atom. The van der Waals surface area contributed by atoms with E-state index in [2.05, 4.69) is 0 Å². The molecule has 2 aromatic carbocycles. The predicted octanol–water partition coefficient (Wildman–Crippen LogP) is 2.52. The van der Waals surface area contributed by atoms with Crippen molar-refractivity contribution < 1.29 is 8.42 Å². The SMILES string of the molecule is Cc1ccccc1CSc1cccc(S(N)(=O)=O)c1N. The molecule has 0 aliphatic heterocycles. The Bertz CT molecular complexity index is 728. The van der Waals surface area contributed by atoms with Crippen molar-refractivity contribution in [3.8, 4) is 0 Å². The van der Waals surface area contributed by atoms with Gasteiger partial charge in [-0.2, -0.15) is 0 Å². The van der Waals surface area contributed by atoms with Gasteiger partial charge in [-0.3, -0.25) is 0 Å². The maximum absolute atomic E-state index is 11.4. The molecule has 0 saturated heterocycles. The fraction of sp³-hybridized carbons (Fsp3) is 0.143. The monoisotopic (exact) mass is 308 g/mol. The first-order valence-corrected chi connectivity index (χ1v) is 8.51. The number of nitrogen functional groups attached to an aromatic ring is 1. The van der Waals surface area contributed by atoms with Crippen LogP contribution in [0.15, 0.2) is 52.3 Å². The first kappa shape index (κ1) is 14.9. The van der Waals surface area contributed by atoms with Crippen LogP contribution in [0.25, 0.3) is 0 Å². The number of thioether (sulfide) groups is 1. The lowest BCUT2D eigenvalue weighted by Gasteiger charge is -2.10. The molecule has 2 aromatic rings. The first-order chi connectivity index (χ1) is 9.39. The van der Waals surface area contributed by atoms with Crippen molar-refractivity contribution in [2.45, 2.75) is 22.5 Å². The number of anilines is 1. The Balaban J connectivity index is 2.25. The zero-order valence-corrected chi connectivity index (χ0v) is 12.7. The molecule has 0 saturated carbocycles. The maximum atomic E-state index is 11.4. The molecule has 0 aliphatic carbocycles. The van der Waals surface area contributed by atoms with Crippen LogP contribution in [0.5, 0.6) is 0 Å². The predicted molar refractivity (Wildman–Crippen MR) is 83.0 cm³/mol. The number of hydrogen-bond acceptors (Lipinski definition) is 4. The second-order valence-corrected chi connectivity index (χ2v) is 6.98. The number of nitrogens with two attached hydrogens (primary N) is 2. The van der Waals surface area contributed by atoms with Crippen LogP contribution < -0.4 is 10.9 Å². The molecule has 0 radical (unpaired) electrons. The van der Waals surface area contributed by atoms with E-state index in [-0.39, 0.29) is 10.6 Å². The van der Waals surface area contributed by atoms with Gasteiger partial charge in [0.2, 0.25) is 10.0 Å². The quantitative estimate of drug-likeness (QED) is 0.671. The molecule has 106 valence electrons. The lowest BCUT2D eigenvalue weighted by atomic mass is 10.1. The zero-order valence-electron chi connectivity index (χ0n) is 11.0. The summed E-state index contributed by atoms with van der Waals surface area (Å²) in [7, 11) is -3.79. The minimum absolute atomic E-state index is 0.0210. The van der Waals surface area contributed by atoms with Crippen LogP contribution >= 0.6 is 11.8 Å². The van der Waals surface area contributed by atoms with Gasteiger partial charge in [-0.1, -0.05) is 30.3 Å². The van der Waals surface area contributed by atoms with Crippen molar-refractivity contribution in [1.82, 2.24) is 0 Å². The number of benzene rings is 2. The Hall–Kier alpha value is -1.50. The van der Waals surface area contributed by atoms with Crippen molar-refractivity contribution in [3.63, 3.8) is 0 Å². The molecule has 0 bridgehead atoms. The van der Waals surface area contributed by atoms with Crippen LogP contribution in [0.2, 0.25) is 0 Å². The van der Waals surface area contributed by atoms with E-state index in [1.54, 1.807) is 12.1 Å². The van der Waals surface area contributed by atoms with Crippen molar-refractivity contribution in [2.24, 2.45) is 5.14 Å². The molecule has 0 fully saturated rings. The Kier molecular flexibility index (Phi) is 4.37. The average Bonchev–Trinajstić information content (AvgIpc) is 2.38. The Morgan fingerprint density at radius 1 is 1.10 bits per heavy atom. The fourth-order valence-electron chi connectivity index (χ4n) is 1.83. The standard InChI is InChI=1S/C14H16N2O2S2/c1-10-5-2-3-6-11(10)9-19-12-7-4-8-13(14(12)15)20(16,17)18/h2-8H,9,15H2,1H3,(H2,16,17,18). The molecule has 0 unspecified atom stereocenters. The third-order valence-electron chi connectivity index (χ3n) is 2.98. The normalized spacial score (nSPS) is 11.5. The lowest BCUT2D eigenvalue weighted by molar-refractivity contribution is 0.598. The smallest absolute Gasteiger partial charge is 0.240 e. The minimum Gasteiger partial charge on any atom is -0.397 e. The van der Waals surface area contributed by atoms with Gasteiger partial charge >= 0.3 is 0 Å². The number of rotatable bonds is 4. The summed E-state index contributed by atoms with van der Waals surface area (Å²) in [5, 5.41) is 5.14. The number of aryl methyl sites for hydroxylation is 1. The maximum Gasteiger partial charge on any atom is 0.240 e. The summed E-state index contributed by atoms with van der Waals surface area (Å²) in [4.78, 5) is 0.701. The lowest BCUT2D eigenvalue weighted by Crippen LogP contribution is -2.14. The van der Waals surface area contributed by atoms with Crippen LogP contribution in [-0.4, -0.2) is 8.42 Å². The van der Waals surface area contributed by atoms with Gasteiger partial charge in [0.25, 0.3) is 0 Å². The van der Waals surface area contributed by atoms with E-state index in [4.69, 9.17) is 10.9 Å². The molecule has 2 rings (SSSR count). The molecule has 0 spiro atoms. The van der Waals surface area contributed by atoms with Gasteiger partial charge in [-0.15, -0.1) is 11.8 Å². The van der Waals surface area contributed by atoms with E-state index in [0.717, 1.165) is 10.6 Å². The summed E-state index contributed by atoms with van der Waals surface area (Å²) in [6.07, 6.45) is 0. The molecule has 6 heteroatoms. The third-order valence-corrected chi connectivity index (χ3v) is 5.07. The molecular formula is C14H16N2O2S2. The first-order valence-electron chi connectivity index (χ1n) is 5.98. The number of primary sulfonamides is 1. The molecule has 20 heavy (non-hydrogen) atoms. The topological polar surface area (TPSA) is 86.2 Å². The molecule has 0 aliphatic rings. The van der Waals surface area contributed by atoms with Gasteiger partial charge in [-0.25, -0.2) is 13.6 Å². The number of hydrogen-bond donors (Lipinski definition) is 2. The Labute approximate surface area is 123 Å². The molecule has 4 N–H and O–H groups in total. The van der Waals surface area contributed by atoms with E-state index in [1.807, 2.05) is 31.2 Å². The second kappa shape index (κ2) is 5.87. The van der Waals surface area contributed by atoms with Crippen LogP contribution in [0, 0.1) is 6.92 Å². The minimum atomic E-state index is -3.79. The van der Waals surface area contributed by atoms with Crippen molar-refractivity contribution >= 4 is 27.5 Å². The summed E-state index contributed by atoms with van der Waals surface area (Å²) in [5.74, 6) is 0.727. The second-order valence-electron chi connectivity index (χ2n) is 4.43. The highest BCUT2D eigenvalue weighted by Crippen LogP contribution is 2.32. The van der Waals surface area contributed by atoms with E-state index < -0.39 is 10.0 Å². The number of para-hydroxylation sites is 1. The van der Waals surface area contributed by atoms with Crippen molar-refractivity contribution in [1.29, 1.82) is 0 Å². The van der Waals surface area contributed by atoms with Gasteiger partial charge in [0.1, 0.15) is 4.90 Å². The van der Waals surface area contributed by atoms with Crippen LogP contribution in [0.3, 0.4) is 0 Å². The van der Waals surface area contributed by atoms with Gasteiger partial charge < -0.3 is 5.73 Å². The van der Waals surface area contributed by atoms with Crippen LogP contribution in [0.1, 0.15) is 11.1 Å². The van der Waals surface area contributed by atoms with Gasteiger partial charge in [0, 0.05) is 10.6 Å². The van der Waals surface area contributed by atoms with E-state index in [0.29, 0.717) is 0 Å². The molecule has 4 nitrogen and oxygen atoms in total. The van der Waals surface area contributed by atoms with Gasteiger partial charge in [0.15, 0.2) is 0 Å². The van der Waals surface area contributed by atoms with Crippen LogP contribution in [0.4, 0.5) is 5.69 Å². The zero-order chi connectivity index (χ0) is 14.8. The summed E-state index contributed by atoms with van der Waals surface area (Å²) in [6.45, 7) is 2.04. The van der Waals surface area contributed by atoms with Crippen molar-refractivity contribution in [3.05, 3.63) is 53.6 Å². The average molecular weight is 308 g/mol.